The van der Waals surface area contributed by atoms with Gasteiger partial charge < -0.3 is 4.74 Å². The van der Waals surface area contributed by atoms with E-state index in [1.165, 1.54) is 0 Å². The number of esters is 1. The first kappa shape index (κ1) is 17.3. The van der Waals surface area contributed by atoms with Gasteiger partial charge in [0.2, 0.25) is 0 Å². The van der Waals surface area contributed by atoms with Gasteiger partial charge in [0, 0.05) is 18.6 Å². The lowest BCUT2D eigenvalue weighted by molar-refractivity contribution is -0.348. The van der Waals surface area contributed by atoms with Gasteiger partial charge in [-0.15, -0.1) is 0 Å². The smallest absolute Gasteiger partial charge is 0.426 e. The quantitative estimate of drug-likeness (QED) is 0.468. The summed E-state index contributed by atoms with van der Waals surface area (Å²) in [4.78, 5) is 10.7. The van der Waals surface area contributed by atoms with Crippen molar-refractivity contribution in [1.29, 1.82) is 0 Å². The summed E-state index contributed by atoms with van der Waals surface area (Å²) in [5.41, 5.74) is -7.55. The molecule has 21 heavy (non-hydrogen) atoms. The average Bonchev–Trinajstić information content (AvgIpc) is 2.22. The molecular weight excluding hydrogens is 309 g/mol. The highest BCUT2D eigenvalue weighted by molar-refractivity contribution is 5.69. The Hall–Kier alpha value is -1.80. The van der Waals surface area contributed by atoms with E-state index in [9.17, 15) is 35.5 Å². The number of carbonyl (C=O) groups excluding carboxylic acids is 1. The third-order valence-electron chi connectivity index (χ3n) is 2.41. The molecule has 0 aliphatic carbocycles. The third kappa shape index (κ3) is 3.27. The van der Waals surface area contributed by atoms with E-state index in [1.54, 1.807) is 0 Å². The average molecular weight is 317 g/mol. The maximum absolute atomic E-state index is 13.8. The number of aryl methyl sites for hydroxylation is 1. The van der Waals surface area contributed by atoms with E-state index < -0.39 is 35.3 Å². The van der Waals surface area contributed by atoms with Crippen LogP contribution >= 0.6 is 0 Å². The van der Waals surface area contributed by atoms with Gasteiger partial charge in [-0.2, -0.15) is 26.3 Å². The van der Waals surface area contributed by atoms with Crippen LogP contribution < -0.4 is 4.74 Å². The predicted octanol–water partition coefficient (Wildman–Crippen LogP) is 4.01. The van der Waals surface area contributed by atoms with Crippen LogP contribution in [0.25, 0.3) is 0 Å². The van der Waals surface area contributed by atoms with E-state index in [0.29, 0.717) is 6.07 Å². The molecule has 1 radical (unpaired) electrons. The summed E-state index contributed by atoms with van der Waals surface area (Å²) < 4.78 is 93.8. The topological polar surface area (TPSA) is 26.3 Å². The second kappa shape index (κ2) is 5.19. The fourth-order valence-electron chi connectivity index (χ4n) is 1.58. The van der Waals surface area contributed by atoms with Crippen molar-refractivity contribution < 1.29 is 40.3 Å². The second-order valence-corrected chi connectivity index (χ2v) is 4.16. The maximum atomic E-state index is 13.8. The van der Waals surface area contributed by atoms with E-state index in [-0.39, 0.29) is 11.6 Å². The summed E-state index contributed by atoms with van der Waals surface area (Å²) in [5, 5.41) is 0. The van der Waals surface area contributed by atoms with Crippen LogP contribution in [0.3, 0.4) is 0 Å². The SMILES string of the molecule is CC(=O)Oc1[c]c(C)cc(C(F)(C(F)(F)F)C(F)(F)F)c1. The standard InChI is InChI=1S/C12H8F7O2/c1-6-3-8(5-9(4-6)21-7(2)20)10(13,11(14,15)16)12(17,18)19/h3,5H,1-2H3. The number of ether oxygens (including phenoxy) is 1. The van der Waals surface area contributed by atoms with Crippen molar-refractivity contribution in [2.75, 3.05) is 0 Å². The molecule has 0 aliphatic heterocycles. The van der Waals surface area contributed by atoms with E-state index in [4.69, 9.17) is 0 Å². The second-order valence-electron chi connectivity index (χ2n) is 4.16. The van der Waals surface area contributed by atoms with Crippen LogP contribution in [0.2, 0.25) is 0 Å². The lowest BCUT2D eigenvalue weighted by Gasteiger charge is -2.30. The van der Waals surface area contributed by atoms with Crippen LogP contribution in [0.4, 0.5) is 30.7 Å². The van der Waals surface area contributed by atoms with Crippen molar-refractivity contribution in [1.82, 2.24) is 0 Å². The molecule has 2 nitrogen and oxygen atoms in total. The highest BCUT2D eigenvalue weighted by Gasteiger charge is 2.73. The van der Waals surface area contributed by atoms with Crippen molar-refractivity contribution >= 4 is 5.97 Å². The third-order valence-corrected chi connectivity index (χ3v) is 2.41. The molecule has 1 aromatic rings. The fraction of sp³-hybridized carbons (Fsp3) is 0.417. The van der Waals surface area contributed by atoms with Crippen molar-refractivity contribution in [3.8, 4) is 5.75 Å². The van der Waals surface area contributed by atoms with Crippen molar-refractivity contribution in [3.63, 3.8) is 0 Å². The predicted molar refractivity (Wildman–Crippen MR) is 56.2 cm³/mol. The summed E-state index contributed by atoms with van der Waals surface area (Å²) >= 11 is 0. The number of benzene rings is 1. The Labute approximate surface area is 114 Å². The molecule has 117 valence electrons. The summed E-state index contributed by atoms with van der Waals surface area (Å²) in [6.45, 7) is 1.97. The number of rotatable bonds is 2. The van der Waals surface area contributed by atoms with Crippen molar-refractivity contribution in [2.45, 2.75) is 31.9 Å². The van der Waals surface area contributed by atoms with Gasteiger partial charge in [0.05, 0.1) is 0 Å². The number of alkyl halides is 7. The van der Waals surface area contributed by atoms with E-state index in [1.807, 2.05) is 0 Å². The highest BCUT2D eigenvalue weighted by atomic mass is 19.4. The number of hydrogen-bond acceptors (Lipinski definition) is 2. The van der Waals surface area contributed by atoms with Gasteiger partial charge in [-0.25, -0.2) is 4.39 Å². The van der Waals surface area contributed by atoms with Gasteiger partial charge in [0.25, 0.3) is 0 Å². The Kier molecular flexibility index (Phi) is 4.27. The molecule has 1 rings (SSSR count). The molecule has 0 heterocycles. The summed E-state index contributed by atoms with van der Waals surface area (Å²) in [7, 11) is 0. The zero-order valence-corrected chi connectivity index (χ0v) is 10.6. The summed E-state index contributed by atoms with van der Waals surface area (Å²) in [5.74, 6) is -1.72. The highest BCUT2D eigenvalue weighted by Crippen LogP contribution is 2.53. The molecule has 0 atom stereocenters. The normalized spacial score (nSPS) is 13.2. The van der Waals surface area contributed by atoms with Crippen LogP contribution in [0.15, 0.2) is 12.1 Å². The Balaban J connectivity index is 3.53. The van der Waals surface area contributed by atoms with Gasteiger partial charge in [-0.1, -0.05) is 6.07 Å². The molecule has 9 heteroatoms. The number of hydrogen-bond donors (Lipinski definition) is 0. The van der Waals surface area contributed by atoms with Crippen molar-refractivity contribution in [3.05, 3.63) is 29.3 Å². The summed E-state index contributed by atoms with van der Waals surface area (Å²) in [6, 6.07) is 2.70. The Morgan fingerprint density at radius 2 is 1.52 bits per heavy atom. The number of carbonyl (C=O) groups is 1. The van der Waals surface area contributed by atoms with Crippen LogP contribution in [0.1, 0.15) is 18.1 Å². The Bertz CT molecular complexity index is 532. The molecule has 0 aliphatic rings. The minimum Gasteiger partial charge on any atom is -0.426 e. The van der Waals surface area contributed by atoms with E-state index in [0.717, 1.165) is 13.8 Å². The first-order chi connectivity index (χ1) is 9.29. The van der Waals surface area contributed by atoms with Gasteiger partial charge >= 0.3 is 24.0 Å². The molecule has 0 fully saturated rings. The zero-order chi connectivity index (χ0) is 16.6. The summed E-state index contributed by atoms with van der Waals surface area (Å²) in [6.07, 6.45) is -12.5. The molecule has 0 N–H and O–H groups in total. The molecule has 0 amide bonds. The molecule has 1 aromatic carbocycles. The molecule has 0 saturated carbocycles. The van der Waals surface area contributed by atoms with E-state index in [2.05, 4.69) is 10.8 Å². The monoisotopic (exact) mass is 317 g/mol. The molecule has 0 spiro atoms. The van der Waals surface area contributed by atoms with Gasteiger partial charge in [0.1, 0.15) is 5.75 Å². The largest absolute Gasteiger partial charge is 0.435 e. The minimum absolute atomic E-state index is 0.148. The van der Waals surface area contributed by atoms with Crippen LogP contribution in [-0.4, -0.2) is 18.3 Å². The van der Waals surface area contributed by atoms with Gasteiger partial charge in [-0.05, 0) is 18.6 Å². The van der Waals surface area contributed by atoms with Gasteiger partial charge in [-0.3, -0.25) is 4.79 Å². The molecule has 0 bridgehead atoms. The Morgan fingerprint density at radius 3 is 1.90 bits per heavy atom. The van der Waals surface area contributed by atoms with Gasteiger partial charge in [0.15, 0.2) is 0 Å². The maximum Gasteiger partial charge on any atom is 0.435 e. The lowest BCUT2D eigenvalue weighted by atomic mass is 9.92. The first-order valence-electron chi connectivity index (χ1n) is 5.34. The zero-order valence-electron chi connectivity index (χ0n) is 10.6. The minimum atomic E-state index is -6.23. The van der Waals surface area contributed by atoms with Crippen molar-refractivity contribution in [2.24, 2.45) is 0 Å². The number of halogens is 7. The van der Waals surface area contributed by atoms with Crippen LogP contribution in [0, 0.1) is 13.0 Å². The molecular formula is C12H8F7O2. The molecule has 0 unspecified atom stereocenters. The molecule has 0 saturated heterocycles. The fourth-order valence-corrected chi connectivity index (χ4v) is 1.58. The van der Waals surface area contributed by atoms with E-state index >= 15 is 0 Å². The Morgan fingerprint density at radius 1 is 1.05 bits per heavy atom. The lowest BCUT2D eigenvalue weighted by Crippen LogP contribution is -2.50. The molecule has 0 aromatic heterocycles. The van der Waals surface area contributed by atoms with Crippen LogP contribution in [-0.2, 0) is 10.5 Å². The van der Waals surface area contributed by atoms with Crippen LogP contribution in [0.5, 0.6) is 5.75 Å². The first-order valence-corrected chi connectivity index (χ1v) is 5.34.